The van der Waals surface area contributed by atoms with Gasteiger partial charge in [0.1, 0.15) is 0 Å². The van der Waals surface area contributed by atoms with Gasteiger partial charge in [-0.1, -0.05) is 97.1 Å². The van der Waals surface area contributed by atoms with Crippen molar-refractivity contribution in [1.29, 1.82) is 0 Å². The van der Waals surface area contributed by atoms with Crippen LogP contribution in [0, 0.1) is 0 Å². The number of thioether (sulfide) groups is 1. The van der Waals surface area contributed by atoms with E-state index < -0.39 is 0 Å². The summed E-state index contributed by atoms with van der Waals surface area (Å²) in [7, 11) is 0. The Hall–Kier alpha value is -5.21. The highest BCUT2D eigenvalue weighted by molar-refractivity contribution is 7.99. The molecule has 0 bridgehead atoms. The van der Waals surface area contributed by atoms with Gasteiger partial charge in [-0.15, -0.1) is 0 Å². The number of rotatable bonds is 14. The number of nitrogens with zero attached hydrogens (tertiary/aromatic N) is 6. The maximum atomic E-state index is 5.00. The van der Waals surface area contributed by atoms with Crippen LogP contribution in [0.25, 0.3) is 43.6 Å². The summed E-state index contributed by atoms with van der Waals surface area (Å²) < 4.78 is 0. The quantitative estimate of drug-likeness (QED) is 0.106. The van der Waals surface area contributed by atoms with E-state index in [9.17, 15) is 0 Å². The fourth-order valence-electron chi connectivity index (χ4n) is 6.62. The maximum absolute atomic E-state index is 5.00. The third kappa shape index (κ3) is 8.40. The first-order valence-electron chi connectivity index (χ1n) is 17.6. The summed E-state index contributed by atoms with van der Waals surface area (Å²) in [6.07, 6.45) is 0. The molecule has 0 saturated heterocycles. The molecular weight excluding hydrogens is 645 g/mol. The molecule has 0 N–H and O–H groups in total. The van der Waals surface area contributed by atoms with Gasteiger partial charge in [-0.05, 0) is 48.5 Å². The minimum Gasteiger partial charge on any atom is -0.291 e. The van der Waals surface area contributed by atoms with E-state index in [1.165, 1.54) is 21.5 Å². The molecule has 0 saturated carbocycles. The molecule has 7 heteroatoms. The first kappa shape index (κ1) is 33.0. The predicted octanol–water partition coefficient (Wildman–Crippen LogP) is 9.32. The lowest BCUT2D eigenvalue weighted by atomic mass is 10.2. The molecule has 8 rings (SSSR count). The molecule has 4 aromatic carbocycles. The van der Waals surface area contributed by atoms with Crippen LogP contribution in [0.4, 0.5) is 0 Å². The van der Waals surface area contributed by atoms with Gasteiger partial charge in [0.25, 0.3) is 0 Å². The molecule has 51 heavy (non-hydrogen) atoms. The van der Waals surface area contributed by atoms with E-state index in [0.29, 0.717) is 0 Å². The summed E-state index contributed by atoms with van der Waals surface area (Å²) in [4.78, 5) is 25.0. The van der Waals surface area contributed by atoms with Crippen LogP contribution in [0.5, 0.6) is 0 Å². The van der Waals surface area contributed by atoms with Crippen LogP contribution in [0.2, 0.25) is 0 Å². The number of fused-ring (bicyclic) bond motifs is 4. The van der Waals surface area contributed by atoms with Gasteiger partial charge in [-0.3, -0.25) is 29.7 Å². The molecule has 0 fully saturated rings. The van der Waals surface area contributed by atoms with E-state index in [0.717, 1.165) is 95.6 Å². The van der Waals surface area contributed by atoms with Gasteiger partial charge in [0, 0.05) is 72.3 Å². The fourth-order valence-corrected chi connectivity index (χ4v) is 7.60. The molecule has 0 spiro atoms. The Morgan fingerprint density at radius 3 is 0.902 bits per heavy atom. The van der Waals surface area contributed by atoms with Crippen LogP contribution in [0.3, 0.4) is 0 Å². The van der Waals surface area contributed by atoms with Crippen LogP contribution in [-0.2, 0) is 26.2 Å². The largest absolute Gasteiger partial charge is 0.291 e. The molecule has 0 aliphatic carbocycles. The van der Waals surface area contributed by atoms with Crippen molar-refractivity contribution in [2.45, 2.75) is 26.2 Å². The van der Waals surface area contributed by atoms with E-state index in [1.807, 2.05) is 11.8 Å². The lowest BCUT2D eigenvalue weighted by Crippen LogP contribution is -2.28. The first-order valence-corrected chi connectivity index (χ1v) is 18.8. The van der Waals surface area contributed by atoms with Crippen LogP contribution < -0.4 is 0 Å². The van der Waals surface area contributed by atoms with E-state index in [4.69, 9.17) is 19.9 Å². The zero-order valence-corrected chi connectivity index (χ0v) is 29.4. The Bertz CT molecular complexity index is 2080. The standard InChI is InChI=1S/C44H40N6S/c1-5-13-41-33(9-1)17-21-37(45-41)29-49(30-38-22-18-34-10-2-6-14-42(34)46-38)25-27-51-28-26-50(31-39-23-19-35-11-3-7-15-43(35)47-39)32-40-24-20-36-12-4-8-16-44(36)48-40/h1-24H,25-32H2. The number of para-hydroxylation sites is 4. The van der Waals surface area contributed by atoms with Gasteiger partial charge in [-0.25, -0.2) is 0 Å². The maximum Gasteiger partial charge on any atom is 0.0705 e. The van der Waals surface area contributed by atoms with Gasteiger partial charge >= 0.3 is 0 Å². The Balaban J connectivity index is 0.950. The van der Waals surface area contributed by atoms with Gasteiger partial charge in [-0.2, -0.15) is 11.8 Å². The fraction of sp³-hybridized carbons (Fsp3) is 0.182. The highest BCUT2D eigenvalue weighted by Gasteiger charge is 2.13. The van der Waals surface area contributed by atoms with Crippen molar-refractivity contribution in [1.82, 2.24) is 29.7 Å². The molecule has 4 aromatic heterocycles. The van der Waals surface area contributed by atoms with Gasteiger partial charge in [0.15, 0.2) is 0 Å². The summed E-state index contributed by atoms with van der Waals surface area (Å²) in [6, 6.07) is 50.7. The Kier molecular flexibility index (Phi) is 10.2. The topological polar surface area (TPSA) is 58.0 Å². The molecule has 0 unspecified atom stereocenters. The molecule has 8 aromatic rings. The lowest BCUT2D eigenvalue weighted by Gasteiger charge is -2.23. The molecule has 6 nitrogen and oxygen atoms in total. The van der Waals surface area contributed by atoms with Crippen molar-refractivity contribution in [3.8, 4) is 0 Å². The van der Waals surface area contributed by atoms with Crippen molar-refractivity contribution in [2.24, 2.45) is 0 Å². The number of aromatic nitrogens is 4. The normalized spacial score (nSPS) is 11.8. The van der Waals surface area contributed by atoms with E-state index in [-0.39, 0.29) is 0 Å². The molecule has 0 aliphatic rings. The number of benzene rings is 4. The molecular formula is C44H40N6S. The third-order valence-corrected chi connectivity index (χ3v) is 10.2. The third-order valence-electron chi connectivity index (χ3n) is 9.27. The van der Waals surface area contributed by atoms with Crippen LogP contribution in [0.1, 0.15) is 22.8 Å². The number of hydrogen-bond donors (Lipinski definition) is 0. The van der Waals surface area contributed by atoms with Gasteiger partial charge in [0.2, 0.25) is 0 Å². The van der Waals surface area contributed by atoms with Crippen molar-refractivity contribution in [3.05, 3.63) is 168 Å². The average molecular weight is 685 g/mol. The highest BCUT2D eigenvalue weighted by atomic mass is 32.2. The molecule has 0 atom stereocenters. The van der Waals surface area contributed by atoms with E-state index in [2.05, 4.69) is 155 Å². The lowest BCUT2D eigenvalue weighted by molar-refractivity contribution is 0.265. The second-order valence-electron chi connectivity index (χ2n) is 13.0. The van der Waals surface area contributed by atoms with Gasteiger partial charge < -0.3 is 0 Å². The Labute approximate surface area is 303 Å². The van der Waals surface area contributed by atoms with E-state index >= 15 is 0 Å². The minimum atomic E-state index is 0.771. The monoisotopic (exact) mass is 684 g/mol. The van der Waals surface area contributed by atoms with Crippen molar-refractivity contribution in [2.75, 3.05) is 24.6 Å². The molecule has 252 valence electrons. The zero-order chi connectivity index (χ0) is 34.2. The van der Waals surface area contributed by atoms with Crippen molar-refractivity contribution in [3.63, 3.8) is 0 Å². The SMILES string of the molecule is c1ccc2nc(CN(CCSCCN(Cc3ccc4ccccc4n3)Cc3ccc4ccccc4n3)Cc3ccc4ccccc4n3)ccc2c1. The average Bonchev–Trinajstić information content (AvgIpc) is 3.17. The highest BCUT2D eigenvalue weighted by Crippen LogP contribution is 2.19. The number of pyridine rings is 4. The second kappa shape index (κ2) is 15.8. The molecule has 0 aliphatic heterocycles. The molecule has 0 radical (unpaired) electrons. The van der Waals surface area contributed by atoms with Gasteiger partial charge in [0.05, 0.1) is 44.8 Å². The summed E-state index contributed by atoms with van der Waals surface area (Å²) >= 11 is 2.00. The Morgan fingerprint density at radius 1 is 0.333 bits per heavy atom. The zero-order valence-electron chi connectivity index (χ0n) is 28.6. The summed E-state index contributed by atoms with van der Waals surface area (Å²) in [6.45, 7) is 4.96. The molecule has 0 amide bonds. The van der Waals surface area contributed by atoms with Crippen LogP contribution >= 0.6 is 11.8 Å². The van der Waals surface area contributed by atoms with Crippen LogP contribution in [-0.4, -0.2) is 54.3 Å². The minimum absolute atomic E-state index is 0.771. The smallest absolute Gasteiger partial charge is 0.0705 e. The summed E-state index contributed by atoms with van der Waals surface area (Å²) in [5.74, 6) is 2.02. The molecule has 4 heterocycles. The van der Waals surface area contributed by atoms with Crippen LogP contribution in [0.15, 0.2) is 146 Å². The first-order chi connectivity index (χ1) is 25.2. The van der Waals surface area contributed by atoms with Crippen molar-refractivity contribution >= 4 is 55.4 Å². The predicted molar refractivity (Wildman–Crippen MR) is 213 cm³/mol. The van der Waals surface area contributed by atoms with Crippen molar-refractivity contribution < 1.29 is 0 Å². The second-order valence-corrected chi connectivity index (χ2v) is 14.2. The number of hydrogen-bond acceptors (Lipinski definition) is 7. The summed E-state index contributed by atoms with van der Waals surface area (Å²) in [5, 5.41) is 4.67. The Morgan fingerprint density at radius 2 is 0.608 bits per heavy atom. The van der Waals surface area contributed by atoms with E-state index in [1.54, 1.807) is 0 Å². The summed E-state index contributed by atoms with van der Waals surface area (Å²) in [5.41, 5.74) is 8.47.